The average molecular weight is 401 g/mol. The highest BCUT2D eigenvalue weighted by Crippen LogP contribution is 2.42. The van der Waals surface area contributed by atoms with Crippen LogP contribution in [0, 0.1) is 13.8 Å². The van der Waals surface area contributed by atoms with Gasteiger partial charge in [-0.05, 0) is 80.8 Å². The van der Waals surface area contributed by atoms with E-state index in [0.717, 1.165) is 22.4 Å². The summed E-state index contributed by atoms with van der Waals surface area (Å²) in [6.07, 6.45) is 0. The quantitative estimate of drug-likeness (QED) is 0.849. The minimum atomic E-state index is -3.80. The third kappa shape index (κ3) is 3.43. The Bertz CT molecular complexity index is 1070. The second kappa shape index (κ2) is 6.76. The minimum Gasteiger partial charge on any atom is -0.496 e. The molecule has 28 heavy (non-hydrogen) atoms. The Hall–Kier alpha value is -2.64. The van der Waals surface area contributed by atoms with Crippen molar-refractivity contribution in [2.45, 2.75) is 38.2 Å². The summed E-state index contributed by atoms with van der Waals surface area (Å²) in [7, 11) is -2.19. The first kappa shape index (κ1) is 20.1. The third-order valence-corrected chi connectivity index (χ3v) is 5.69. The van der Waals surface area contributed by atoms with Crippen LogP contribution in [0.4, 0.5) is 0 Å². The van der Waals surface area contributed by atoms with E-state index in [-0.39, 0.29) is 10.7 Å². The zero-order valence-electron chi connectivity index (χ0n) is 16.5. The minimum absolute atomic E-state index is 0.00174. The molecule has 148 valence electrons. The number of Topliss-reactive ketones (excluding diaryl/α,β-unsaturated/α-hetero) is 1. The molecule has 0 spiro atoms. The van der Waals surface area contributed by atoms with Gasteiger partial charge in [-0.2, -0.15) is 0 Å². The maximum absolute atomic E-state index is 13.1. The highest BCUT2D eigenvalue weighted by Gasteiger charge is 2.43. The summed E-state index contributed by atoms with van der Waals surface area (Å²) in [5.74, 6) is 1.05. The van der Waals surface area contributed by atoms with Gasteiger partial charge in [0, 0.05) is 5.56 Å². The van der Waals surface area contributed by atoms with Gasteiger partial charge in [0.05, 0.1) is 17.6 Å². The van der Waals surface area contributed by atoms with Crippen LogP contribution in [0.1, 0.15) is 36.1 Å². The summed E-state index contributed by atoms with van der Waals surface area (Å²) in [6, 6.07) is 9.77. The molecule has 3 rings (SSSR count). The normalized spacial score (nSPS) is 16.3. The van der Waals surface area contributed by atoms with Crippen molar-refractivity contribution in [1.29, 1.82) is 0 Å². The highest BCUT2D eigenvalue weighted by molar-refractivity contribution is 7.89. The number of carbonyl (C=O) groups excluding carboxylic acids is 1. The lowest BCUT2D eigenvalue weighted by Gasteiger charge is -2.18. The lowest BCUT2D eigenvalue weighted by molar-refractivity contribution is -0.125. The number of hydrogen-bond acceptors (Lipinski definition) is 5. The van der Waals surface area contributed by atoms with Crippen LogP contribution in [-0.4, -0.2) is 26.9 Å². The standard InChI is InChI=1S/C21H23NO5S/c1-12-10-15(11-13(2)18(12)26-5)17-19(27-21(3,4)20(17)23)14-6-8-16(9-7-14)28(22,24)25/h6-11H,1-5H3,(H2,22,24,25). The third-order valence-electron chi connectivity index (χ3n) is 4.76. The van der Waals surface area contributed by atoms with E-state index in [9.17, 15) is 13.2 Å². The predicted molar refractivity (Wildman–Crippen MR) is 107 cm³/mol. The number of hydrogen-bond donors (Lipinski definition) is 1. The Morgan fingerprint density at radius 1 is 1.00 bits per heavy atom. The molecule has 0 aliphatic carbocycles. The van der Waals surface area contributed by atoms with E-state index < -0.39 is 15.6 Å². The molecular weight excluding hydrogens is 378 g/mol. The SMILES string of the molecule is COc1c(C)cc(C2=C(c3ccc(S(N)(=O)=O)cc3)OC(C)(C)C2=O)cc1C. The first-order valence-electron chi connectivity index (χ1n) is 8.72. The Morgan fingerprint density at radius 2 is 1.54 bits per heavy atom. The second-order valence-electron chi connectivity index (χ2n) is 7.36. The van der Waals surface area contributed by atoms with Gasteiger partial charge >= 0.3 is 0 Å². The molecule has 6 nitrogen and oxygen atoms in total. The predicted octanol–water partition coefficient (Wildman–Crippen LogP) is 3.21. The zero-order valence-corrected chi connectivity index (χ0v) is 17.3. The molecule has 7 heteroatoms. The lowest BCUT2D eigenvalue weighted by Crippen LogP contribution is -2.29. The fourth-order valence-corrected chi connectivity index (χ4v) is 3.95. The fraction of sp³-hybridized carbons (Fsp3) is 0.286. The van der Waals surface area contributed by atoms with Gasteiger partial charge in [0.2, 0.25) is 15.8 Å². The van der Waals surface area contributed by atoms with Crippen LogP contribution in [0.3, 0.4) is 0 Å². The van der Waals surface area contributed by atoms with Crippen molar-refractivity contribution in [2.75, 3.05) is 7.11 Å². The number of aryl methyl sites for hydroxylation is 2. The number of carbonyl (C=O) groups is 1. The molecule has 0 aromatic heterocycles. The summed E-state index contributed by atoms with van der Waals surface area (Å²) in [5.41, 5.74) is 2.59. The number of ketones is 1. The van der Waals surface area contributed by atoms with E-state index in [1.807, 2.05) is 26.0 Å². The molecule has 1 aliphatic rings. The Kier molecular flexibility index (Phi) is 4.85. The van der Waals surface area contributed by atoms with Crippen LogP contribution >= 0.6 is 0 Å². The van der Waals surface area contributed by atoms with Crippen molar-refractivity contribution >= 4 is 27.1 Å². The van der Waals surface area contributed by atoms with Gasteiger partial charge in [0.25, 0.3) is 0 Å². The van der Waals surface area contributed by atoms with Gasteiger partial charge in [-0.25, -0.2) is 13.6 Å². The van der Waals surface area contributed by atoms with Gasteiger partial charge in [-0.15, -0.1) is 0 Å². The first-order valence-corrected chi connectivity index (χ1v) is 10.3. The second-order valence-corrected chi connectivity index (χ2v) is 8.92. The average Bonchev–Trinajstić information content (AvgIpc) is 2.84. The van der Waals surface area contributed by atoms with Crippen LogP contribution in [0.15, 0.2) is 41.3 Å². The Morgan fingerprint density at radius 3 is 2.00 bits per heavy atom. The molecule has 0 unspecified atom stereocenters. The lowest BCUT2D eigenvalue weighted by atomic mass is 9.90. The molecule has 2 aromatic carbocycles. The number of sulfonamides is 1. The van der Waals surface area contributed by atoms with Gasteiger partial charge in [-0.1, -0.05) is 0 Å². The van der Waals surface area contributed by atoms with Crippen LogP contribution in [0.2, 0.25) is 0 Å². The van der Waals surface area contributed by atoms with Crippen molar-refractivity contribution in [2.24, 2.45) is 5.14 Å². The number of nitrogens with two attached hydrogens (primary N) is 1. The largest absolute Gasteiger partial charge is 0.496 e. The van der Waals surface area contributed by atoms with Crippen LogP contribution in [0.5, 0.6) is 5.75 Å². The molecule has 0 saturated carbocycles. The molecule has 0 saturated heterocycles. The first-order chi connectivity index (χ1) is 13.0. The monoisotopic (exact) mass is 401 g/mol. The van der Waals surface area contributed by atoms with Crippen molar-refractivity contribution in [3.63, 3.8) is 0 Å². The van der Waals surface area contributed by atoms with Crippen LogP contribution < -0.4 is 9.88 Å². The van der Waals surface area contributed by atoms with E-state index in [2.05, 4.69) is 0 Å². The van der Waals surface area contributed by atoms with Crippen molar-refractivity contribution in [1.82, 2.24) is 0 Å². The molecule has 0 fully saturated rings. The summed E-state index contributed by atoms with van der Waals surface area (Å²) in [5, 5.41) is 5.17. The fourth-order valence-electron chi connectivity index (χ4n) is 3.43. The van der Waals surface area contributed by atoms with E-state index in [0.29, 0.717) is 16.9 Å². The van der Waals surface area contributed by atoms with Crippen LogP contribution in [0.25, 0.3) is 11.3 Å². The number of rotatable bonds is 4. The maximum Gasteiger partial charge on any atom is 0.238 e. The molecule has 0 bridgehead atoms. The van der Waals surface area contributed by atoms with Crippen LogP contribution in [-0.2, 0) is 19.6 Å². The van der Waals surface area contributed by atoms with E-state index in [1.165, 1.54) is 12.1 Å². The van der Waals surface area contributed by atoms with E-state index in [4.69, 9.17) is 14.6 Å². The van der Waals surface area contributed by atoms with Crippen molar-refractivity contribution in [3.8, 4) is 5.75 Å². The summed E-state index contributed by atoms with van der Waals surface area (Å²) < 4.78 is 34.4. The molecule has 0 atom stereocenters. The summed E-state index contributed by atoms with van der Waals surface area (Å²) in [4.78, 5) is 13.1. The van der Waals surface area contributed by atoms with Crippen molar-refractivity contribution in [3.05, 3.63) is 58.7 Å². The smallest absolute Gasteiger partial charge is 0.238 e. The maximum atomic E-state index is 13.1. The number of ether oxygens (including phenoxy) is 2. The Balaban J connectivity index is 2.21. The molecule has 0 amide bonds. The molecular formula is C21H23NO5S. The van der Waals surface area contributed by atoms with Gasteiger partial charge in [0.15, 0.2) is 5.60 Å². The van der Waals surface area contributed by atoms with E-state index in [1.54, 1.807) is 33.1 Å². The van der Waals surface area contributed by atoms with E-state index >= 15 is 0 Å². The molecule has 2 aromatic rings. The van der Waals surface area contributed by atoms with Gasteiger partial charge in [0.1, 0.15) is 11.5 Å². The zero-order chi connectivity index (χ0) is 20.9. The van der Waals surface area contributed by atoms with Gasteiger partial charge in [-0.3, -0.25) is 4.79 Å². The molecule has 1 heterocycles. The number of methoxy groups -OCH3 is 1. The molecule has 1 aliphatic heterocycles. The summed E-state index contributed by atoms with van der Waals surface area (Å²) in [6.45, 7) is 7.26. The molecule has 2 N–H and O–H groups in total. The Labute approximate surface area is 165 Å². The van der Waals surface area contributed by atoms with Crippen molar-refractivity contribution < 1.29 is 22.7 Å². The van der Waals surface area contributed by atoms with Gasteiger partial charge < -0.3 is 9.47 Å². The number of benzene rings is 2. The topological polar surface area (TPSA) is 95.7 Å². The number of primary sulfonamides is 1. The summed E-state index contributed by atoms with van der Waals surface area (Å²) >= 11 is 0. The molecule has 0 radical (unpaired) electrons. The highest BCUT2D eigenvalue weighted by atomic mass is 32.2.